The maximum absolute atomic E-state index is 12.3. The van der Waals surface area contributed by atoms with Crippen molar-refractivity contribution in [3.63, 3.8) is 0 Å². The van der Waals surface area contributed by atoms with Crippen LogP contribution in [0.4, 0.5) is 0 Å². The monoisotopic (exact) mass is 383 g/mol. The van der Waals surface area contributed by atoms with Gasteiger partial charge in [-0.05, 0) is 24.3 Å². The van der Waals surface area contributed by atoms with Gasteiger partial charge in [0.1, 0.15) is 5.75 Å². The fourth-order valence-electron chi connectivity index (χ4n) is 2.88. The second kappa shape index (κ2) is 6.82. The molecule has 4 rings (SSSR count). The van der Waals surface area contributed by atoms with Gasteiger partial charge in [-0.15, -0.1) is 9.35 Å². The highest BCUT2D eigenvalue weighted by Crippen LogP contribution is 2.33. The van der Waals surface area contributed by atoms with Crippen LogP contribution in [0.25, 0.3) is 10.8 Å². The van der Waals surface area contributed by atoms with E-state index in [4.69, 9.17) is 13.2 Å². The molecule has 0 N–H and O–H groups in total. The topological polar surface area (TPSA) is 82.1 Å². The molecule has 0 saturated carbocycles. The summed E-state index contributed by atoms with van der Waals surface area (Å²) in [6, 6.07) is 16.7. The average Bonchev–Trinajstić information content (AvgIpc) is 2.93. The molecule has 0 spiro atoms. The zero-order valence-electron chi connectivity index (χ0n) is 14.1. The second-order valence-corrected chi connectivity index (χ2v) is 6.35. The summed E-state index contributed by atoms with van der Waals surface area (Å²) < 4.78 is 27.9. The molecule has 1 atom stereocenters. The van der Waals surface area contributed by atoms with Crippen molar-refractivity contribution in [2.24, 2.45) is 0 Å². The number of rotatable bonds is 5. The zero-order valence-corrected chi connectivity index (χ0v) is 14.9. The molecule has 8 heteroatoms. The minimum absolute atomic E-state index is 0.189. The van der Waals surface area contributed by atoms with E-state index in [2.05, 4.69) is 0 Å². The number of carbonyl (C=O) groups excluding carboxylic acids is 2. The van der Waals surface area contributed by atoms with Gasteiger partial charge in [-0.25, -0.2) is 0 Å². The highest BCUT2D eigenvalue weighted by molar-refractivity contribution is 7.75. The molecule has 0 aromatic heterocycles. The smallest absolute Gasteiger partial charge is 0.383 e. The summed E-state index contributed by atoms with van der Waals surface area (Å²) >= 11 is -2.41. The van der Waals surface area contributed by atoms with E-state index < -0.39 is 23.2 Å². The van der Waals surface area contributed by atoms with E-state index in [0.717, 1.165) is 5.39 Å². The minimum Gasteiger partial charge on any atom is -0.496 e. The number of methoxy groups -OCH3 is 1. The van der Waals surface area contributed by atoms with Gasteiger partial charge in [0.2, 0.25) is 0 Å². The fourth-order valence-corrected chi connectivity index (χ4v) is 3.46. The summed E-state index contributed by atoms with van der Waals surface area (Å²) in [5.74, 6) is -0.481. The lowest BCUT2D eigenvalue weighted by atomic mass is 10.1. The van der Waals surface area contributed by atoms with Gasteiger partial charge in [0.05, 0.1) is 18.2 Å². The van der Waals surface area contributed by atoms with Gasteiger partial charge in [-0.2, -0.15) is 4.21 Å². The predicted molar refractivity (Wildman–Crippen MR) is 97.3 cm³/mol. The number of hydrogen-bond donors (Lipinski definition) is 0. The Morgan fingerprint density at radius 1 is 0.778 bits per heavy atom. The summed E-state index contributed by atoms with van der Waals surface area (Å²) in [4.78, 5) is 24.5. The van der Waals surface area contributed by atoms with Gasteiger partial charge in [-0.3, -0.25) is 9.59 Å². The van der Waals surface area contributed by atoms with E-state index >= 15 is 0 Å². The maximum Gasteiger partial charge on any atom is 0.383 e. The first-order valence-electron chi connectivity index (χ1n) is 7.92. The van der Waals surface area contributed by atoms with E-state index in [1.807, 2.05) is 12.1 Å². The largest absolute Gasteiger partial charge is 0.496 e. The number of benzene rings is 3. The Morgan fingerprint density at radius 2 is 1.30 bits per heavy atom. The minimum atomic E-state index is -2.41. The molecule has 2 amide bonds. The number of imide groups is 1. The third-order valence-corrected chi connectivity index (χ3v) is 4.70. The lowest BCUT2D eigenvalue weighted by Crippen LogP contribution is -2.31. The van der Waals surface area contributed by atoms with Crippen LogP contribution in [0.2, 0.25) is 0 Å². The van der Waals surface area contributed by atoms with E-state index in [0.29, 0.717) is 16.2 Å². The SMILES string of the molecule is COc1ccc(OS(=O)ON2C(=O)c3ccccc3C2=O)c2ccccc12. The first kappa shape index (κ1) is 17.2. The molecule has 0 saturated heterocycles. The van der Waals surface area contributed by atoms with Crippen LogP contribution in [0.5, 0.6) is 11.5 Å². The summed E-state index contributed by atoms with van der Waals surface area (Å²) in [5.41, 5.74) is 0.379. The lowest BCUT2D eigenvalue weighted by molar-refractivity contribution is -0.0105. The molecular weight excluding hydrogens is 370 g/mol. The van der Waals surface area contributed by atoms with Crippen LogP contribution in [0.15, 0.2) is 60.7 Å². The van der Waals surface area contributed by atoms with Crippen molar-refractivity contribution in [3.8, 4) is 11.5 Å². The van der Waals surface area contributed by atoms with Crippen LogP contribution in [-0.4, -0.2) is 28.2 Å². The first-order valence-corrected chi connectivity index (χ1v) is 8.92. The quantitative estimate of drug-likeness (QED) is 0.630. The van der Waals surface area contributed by atoms with Crippen molar-refractivity contribution in [1.29, 1.82) is 0 Å². The van der Waals surface area contributed by atoms with Crippen LogP contribution in [0, 0.1) is 0 Å². The van der Waals surface area contributed by atoms with Gasteiger partial charge in [0.25, 0.3) is 11.8 Å². The summed E-state index contributed by atoms with van der Waals surface area (Å²) in [5, 5.41) is 1.86. The Hall–Kier alpha value is -3.23. The van der Waals surface area contributed by atoms with Crippen molar-refractivity contribution in [1.82, 2.24) is 5.06 Å². The number of hydrogen-bond acceptors (Lipinski definition) is 6. The molecule has 3 aromatic rings. The number of carbonyl (C=O) groups is 2. The van der Waals surface area contributed by atoms with Crippen LogP contribution in [-0.2, 0) is 15.6 Å². The van der Waals surface area contributed by atoms with Gasteiger partial charge in [0.15, 0.2) is 5.75 Å². The Kier molecular flexibility index (Phi) is 4.35. The third-order valence-electron chi connectivity index (χ3n) is 4.11. The number of amides is 2. The van der Waals surface area contributed by atoms with Gasteiger partial charge in [-0.1, -0.05) is 36.4 Å². The molecule has 0 radical (unpaired) electrons. The highest BCUT2D eigenvalue weighted by atomic mass is 32.2. The maximum atomic E-state index is 12.3. The first-order chi connectivity index (χ1) is 13.1. The van der Waals surface area contributed by atoms with Crippen LogP contribution in [0.3, 0.4) is 0 Å². The fraction of sp³-hybridized carbons (Fsp3) is 0.0526. The predicted octanol–water partition coefficient (Wildman–Crippen LogP) is 3.03. The van der Waals surface area contributed by atoms with Crippen molar-refractivity contribution < 1.29 is 27.0 Å². The lowest BCUT2D eigenvalue weighted by Gasteiger charge is -2.13. The van der Waals surface area contributed by atoms with Crippen LogP contribution >= 0.6 is 0 Å². The Morgan fingerprint density at radius 3 is 1.89 bits per heavy atom. The van der Waals surface area contributed by atoms with Crippen LogP contribution < -0.4 is 8.92 Å². The van der Waals surface area contributed by atoms with Crippen molar-refractivity contribution in [2.45, 2.75) is 0 Å². The van der Waals surface area contributed by atoms with Crippen molar-refractivity contribution in [3.05, 3.63) is 71.8 Å². The summed E-state index contributed by atoms with van der Waals surface area (Å²) in [6.45, 7) is 0. The molecular formula is C19H13NO6S. The number of ether oxygens (including phenoxy) is 1. The number of hydroxylamine groups is 2. The molecule has 0 aliphatic carbocycles. The molecule has 7 nitrogen and oxygen atoms in total. The number of nitrogens with zero attached hydrogens (tertiary/aromatic N) is 1. The zero-order chi connectivity index (χ0) is 19.0. The third kappa shape index (κ3) is 2.94. The molecule has 0 bridgehead atoms. The van der Waals surface area contributed by atoms with Gasteiger partial charge >= 0.3 is 11.4 Å². The van der Waals surface area contributed by atoms with E-state index in [1.54, 1.807) is 43.5 Å². The second-order valence-electron chi connectivity index (χ2n) is 5.62. The molecule has 136 valence electrons. The van der Waals surface area contributed by atoms with E-state index in [1.165, 1.54) is 12.1 Å². The average molecular weight is 383 g/mol. The van der Waals surface area contributed by atoms with E-state index in [9.17, 15) is 13.8 Å². The van der Waals surface area contributed by atoms with Gasteiger partial charge in [0, 0.05) is 10.8 Å². The van der Waals surface area contributed by atoms with Crippen molar-refractivity contribution in [2.75, 3.05) is 7.11 Å². The van der Waals surface area contributed by atoms with Crippen LogP contribution in [0.1, 0.15) is 20.7 Å². The molecule has 0 fully saturated rings. The molecule has 1 aliphatic rings. The molecule has 1 aliphatic heterocycles. The normalized spacial score (nSPS) is 14.3. The number of fused-ring (bicyclic) bond motifs is 2. The molecule has 1 heterocycles. The Balaban J connectivity index is 1.57. The Labute approximate surface area is 156 Å². The standard InChI is InChI=1S/C19H13NO6S/c1-24-16-10-11-17(13-7-3-2-6-12(13)16)25-27(23)26-20-18(21)14-8-4-5-9-15(14)19(20)22/h2-11H,1H3. The molecule has 1 unspecified atom stereocenters. The Bertz CT molecular complexity index is 1060. The highest BCUT2D eigenvalue weighted by Gasteiger charge is 2.38. The van der Waals surface area contributed by atoms with Gasteiger partial charge < -0.3 is 8.92 Å². The van der Waals surface area contributed by atoms with E-state index in [-0.39, 0.29) is 16.9 Å². The van der Waals surface area contributed by atoms with Crippen molar-refractivity contribution >= 4 is 33.9 Å². The molecule has 3 aromatic carbocycles. The summed E-state index contributed by atoms with van der Waals surface area (Å²) in [7, 11) is 1.55. The summed E-state index contributed by atoms with van der Waals surface area (Å²) in [6.07, 6.45) is 0. The molecule has 27 heavy (non-hydrogen) atoms.